The van der Waals surface area contributed by atoms with E-state index in [0.717, 1.165) is 4.88 Å². The smallest absolute Gasteiger partial charge is 0.272 e. The molecule has 3 rings (SSSR count). The highest BCUT2D eigenvalue weighted by Crippen LogP contribution is 2.22. The van der Waals surface area contributed by atoms with Crippen LogP contribution in [0.15, 0.2) is 77.8 Å². The average molecular weight is 364 g/mol. The van der Waals surface area contributed by atoms with E-state index in [1.807, 2.05) is 23.6 Å². The van der Waals surface area contributed by atoms with Crippen molar-refractivity contribution in [2.24, 2.45) is 0 Å². The Kier molecular flexibility index (Phi) is 5.46. The molecule has 0 saturated heterocycles. The van der Waals surface area contributed by atoms with Gasteiger partial charge in [-0.1, -0.05) is 36.4 Å². The lowest BCUT2D eigenvalue weighted by Crippen LogP contribution is -2.30. The fourth-order valence-corrected chi connectivity index (χ4v) is 2.88. The monoisotopic (exact) mass is 364 g/mol. The number of para-hydroxylation sites is 2. The summed E-state index contributed by atoms with van der Waals surface area (Å²) in [6.45, 7) is 0. The Morgan fingerprint density at radius 2 is 1.65 bits per heavy atom. The van der Waals surface area contributed by atoms with Crippen molar-refractivity contribution in [3.63, 3.8) is 0 Å². The normalized spacial score (nSPS) is 11.0. The highest BCUT2D eigenvalue weighted by atomic mass is 32.1. The number of rotatable bonds is 5. The quantitative estimate of drug-likeness (QED) is 0.475. The second-order valence-electron chi connectivity index (χ2n) is 5.36. The summed E-state index contributed by atoms with van der Waals surface area (Å²) >= 11 is 1.44. The summed E-state index contributed by atoms with van der Waals surface area (Å²) < 4.78 is 0. The Balaban J connectivity index is 1.85. The molecule has 130 valence electrons. The summed E-state index contributed by atoms with van der Waals surface area (Å²) in [7, 11) is 0. The Morgan fingerprint density at radius 1 is 0.923 bits per heavy atom. The van der Waals surface area contributed by atoms with Crippen LogP contribution in [0.1, 0.15) is 15.2 Å². The molecule has 0 bridgehead atoms. The number of carbonyl (C=O) groups is 2. The van der Waals surface area contributed by atoms with Gasteiger partial charge in [0, 0.05) is 10.4 Å². The van der Waals surface area contributed by atoms with Crippen LogP contribution in [0, 0.1) is 0 Å². The van der Waals surface area contributed by atoms with Gasteiger partial charge in [0.25, 0.3) is 11.8 Å². The molecule has 2 amide bonds. The molecular formula is C20H16N2O3S. The molecule has 0 radical (unpaired) electrons. The second kappa shape index (κ2) is 8.13. The Hall–Kier alpha value is -3.38. The lowest BCUT2D eigenvalue weighted by atomic mass is 10.2. The number of amides is 2. The van der Waals surface area contributed by atoms with E-state index in [9.17, 15) is 14.7 Å². The van der Waals surface area contributed by atoms with Gasteiger partial charge in [0.2, 0.25) is 0 Å². The zero-order valence-corrected chi connectivity index (χ0v) is 14.5. The SMILES string of the molecule is O=C(Nc1ccccc1O)/C(=C/c1cccs1)NC(=O)c1ccccc1. The minimum absolute atomic E-state index is 0.0503. The van der Waals surface area contributed by atoms with Gasteiger partial charge < -0.3 is 15.7 Å². The minimum Gasteiger partial charge on any atom is -0.506 e. The van der Waals surface area contributed by atoms with E-state index in [2.05, 4.69) is 10.6 Å². The number of nitrogens with one attached hydrogen (secondary N) is 2. The summed E-state index contributed by atoms with van der Waals surface area (Å²) in [5, 5.41) is 17.0. The first kappa shape index (κ1) is 17.4. The fourth-order valence-electron chi connectivity index (χ4n) is 2.23. The summed E-state index contributed by atoms with van der Waals surface area (Å²) in [5.41, 5.74) is 0.799. The zero-order valence-electron chi connectivity index (χ0n) is 13.7. The lowest BCUT2D eigenvalue weighted by molar-refractivity contribution is -0.113. The molecule has 0 saturated carbocycles. The molecule has 0 unspecified atom stereocenters. The number of hydrogen-bond donors (Lipinski definition) is 3. The standard InChI is InChI=1S/C20H16N2O3S/c23-18-11-5-4-10-16(18)21-20(25)17(13-15-9-6-12-26-15)22-19(24)14-7-2-1-3-8-14/h1-13,23H,(H,21,25)(H,22,24)/b17-13-. The molecule has 3 N–H and O–H groups in total. The highest BCUT2D eigenvalue weighted by Gasteiger charge is 2.16. The molecule has 0 spiro atoms. The second-order valence-corrected chi connectivity index (χ2v) is 6.34. The number of phenolic OH excluding ortho intramolecular Hbond substituents is 1. The molecule has 1 heterocycles. The minimum atomic E-state index is -0.524. The van der Waals surface area contributed by atoms with Gasteiger partial charge in [-0.3, -0.25) is 9.59 Å². The van der Waals surface area contributed by atoms with E-state index in [1.165, 1.54) is 17.4 Å². The average Bonchev–Trinajstić information content (AvgIpc) is 3.17. The maximum Gasteiger partial charge on any atom is 0.272 e. The summed E-state index contributed by atoms with van der Waals surface area (Å²) in [6, 6.07) is 18.7. The first-order chi connectivity index (χ1) is 12.6. The molecular weight excluding hydrogens is 348 g/mol. The van der Waals surface area contributed by atoms with Gasteiger partial charge in [-0.25, -0.2) is 0 Å². The third kappa shape index (κ3) is 4.37. The molecule has 6 heteroatoms. The number of thiophene rings is 1. The Labute approximate surface area is 154 Å². The largest absolute Gasteiger partial charge is 0.506 e. The Morgan fingerprint density at radius 3 is 2.35 bits per heavy atom. The van der Waals surface area contributed by atoms with Crippen molar-refractivity contribution in [3.8, 4) is 5.75 Å². The van der Waals surface area contributed by atoms with Crippen molar-refractivity contribution in [2.75, 3.05) is 5.32 Å². The molecule has 1 aromatic heterocycles. The van der Waals surface area contributed by atoms with Crippen molar-refractivity contribution < 1.29 is 14.7 Å². The van der Waals surface area contributed by atoms with Crippen LogP contribution in [-0.2, 0) is 4.79 Å². The molecule has 0 aliphatic rings. The van der Waals surface area contributed by atoms with E-state index in [4.69, 9.17) is 0 Å². The van der Waals surface area contributed by atoms with Gasteiger partial charge in [-0.2, -0.15) is 0 Å². The van der Waals surface area contributed by atoms with Crippen LogP contribution in [-0.4, -0.2) is 16.9 Å². The molecule has 2 aromatic carbocycles. The number of anilines is 1. The molecule has 0 atom stereocenters. The van der Waals surface area contributed by atoms with Gasteiger partial charge >= 0.3 is 0 Å². The van der Waals surface area contributed by atoms with E-state index in [1.54, 1.807) is 48.5 Å². The van der Waals surface area contributed by atoms with Crippen LogP contribution in [0.4, 0.5) is 5.69 Å². The maximum atomic E-state index is 12.7. The van der Waals surface area contributed by atoms with Crippen molar-refractivity contribution in [1.29, 1.82) is 0 Å². The van der Waals surface area contributed by atoms with Crippen LogP contribution in [0.5, 0.6) is 5.75 Å². The molecule has 0 aliphatic carbocycles. The van der Waals surface area contributed by atoms with E-state index >= 15 is 0 Å². The molecule has 5 nitrogen and oxygen atoms in total. The van der Waals surface area contributed by atoms with Crippen molar-refractivity contribution in [3.05, 3.63) is 88.2 Å². The number of phenols is 1. The van der Waals surface area contributed by atoms with Gasteiger partial charge in [0.1, 0.15) is 11.4 Å². The van der Waals surface area contributed by atoms with Gasteiger partial charge in [-0.05, 0) is 41.8 Å². The summed E-state index contributed by atoms with van der Waals surface area (Å²) in [5.74, 6) is -0.962. The van der Waals surface area contributed by atoms with Crippen LogP contribution in [0.25, 0.3) is 6.08 Å². The lowest BCUT2D eigenvalue weighted by Gasteiger charge is -2.11. The molecule has 0 fully saturated rings. The first-order valence-corrected chi connectivity index (χ1v) is 8.72. The molecule has 26 heavy (non-hydrogen) atoms. The van der Waals surface area contributed by atoms with Crippen LogP contribution >= 0.6 is 11.3 Å². The van der Waals surface area contributed by atoms with Crippen LogP contribution in [0.2, 0.25) is 0 Å². The molecule has 0 aliphatic heterocycles. The van der Waals surface area contributed by atoms with E-state index < -0.39 is 5.91 Å². The fraction of sp³-hybridized carbons (Fsp3) is 0. The van der Waals surface area contributed by atoms with Gasteiger partial charge in [-0.15, -0.1) is 11.3 Å². The van der Waals surface area contributed by atoms with Crippen molar-refractivity contribution >= 4 is 34.9 Å². The third-order valence-corrected chi connectivity index (χ3v) is 4.33. The number of benzene rings is 2. The number of carbonyl (C=O) groups excluding carboxylic acids is 2. The third-order valence-electron chi connectivity index (χ3n) is 3.51. The predicted octanol–water partition coefficient (Wildman–Crippen LogP) is 3.86. The highest BCUT2D eigenvalue weighted by molar-refractivity contribution is 7.10. The zero-order chi connectivity index (χ0) is 18.4. The number of hydrogen-bond acceptors (Lipinski definition) is 4. The van der Waals surface area contributed by atoms with Crippen molar-refractivity contribution in [1.82, 2.24) is 5.32 Å². The van der Waals surface area contributed by atoms with Crippen LogP contribution in [0.3, 0.4) is 0 Å². The maximum absolute atomic E-state index is 12.7. The predicted molar refractivity (Wildman–Crippen MR) is 103 cm³/mol. The van der Waals surface area contributed by atoms with E-state index in [0.29, 0.717) is 5.56 Å². The van der Waals surface area contributed by atoms with Gasteiger partial charge in [0.15, 0.2) is 0 Å². The van der Waals surface area contributed by atoms with Crippen molar-refractivity contribution in [2.45, 2.75) is 0 Å². The van der Waals surface area contributed by atoms with E-state index in [-0.39, 0.29) is 23.0 Å². The summed E-state index contributed by atoms with van der Waals surface area (Å²) in [4.78, 5) is 25.9. The first-order valence-electron chi connectivity index (χ1n) is 7.84. The summed E-state index contributed by atoms with van der Waals surface area (Å²) in [6.07, 6.45) is 1.60. The number of aromatic hydroxyl groups is 1. The topological polar surface area (TPSA) is 78.4 Å². The van der Waals surface area contributed by atoms with Gasteiger partial charge in [0.05, 0.1) is 5.69 Å². The van der Waals surface area contributed by atoms with Crippen LogP contribution < -0.4 is 10.6 Å². The Bertz CT molecular complexity index is 935. The molecule has 3 aromatic rings.